The van der Waals surface area contributed by atoms with Gasteiger partial charge in [0.15, 0.2) is 6.61 Å². The normalized spacial score (nSPS) is 10.1. The molecule has 0 aliphatic rings. The van der Waals surface area contributed by atoms with E-state index in [4.69, 9.17) is 32.7 Å². The number of ether oxygens (including phenoxy) is 2. The highest BCUT2D eigenvalue weighted by Crippen LogP contribution is 2.27. The Kier molecular flexibility index (Phi) is 9.04. The summed E-state index contributed by atoms with van der Waals surface area (Å²) in [6.07, 6.45) is 0.321. The molecular formula is C19H17Cl2N3O7. The molecule has 2 N–H and O–H groups in total. The number of halogens is 2. The molecule has 0 aromatic heterocycles. The summed E-state index contributed by atoms with van der Waals surface area (Å²) in [4.78, 5) is 45.3. The van der Waals surface area contributed by atoms with E-state index in [1.54, 1.807) is 12.1 Å². The summed E-state index contributed by atoms with van der Waals surface area (Å²) in [5.74, 6) is -1.75. The van der Waals surface area contributed by atoms with Crippen LogP contribution in [0.2, 0.25) is 10.0 Å². The highest BCUT2D eigenvalue weighted by Gasteiger charge is 2.13. The lowest BCUT2D eigenvalue weighted by atomic mass is 10.2. The van der Waals surface area contributed by atoms with Crippen molar-refractivity contribution in [1.82, 2.24) is 10.9 Å². The van der Waals surface area contributed by atoms with Crippen LogP contribution in [-0.4, -0.2) is 35.9 Å². The maximum Gasteiger partial charge on any atom is 0.306 e. The number of amides is 2. The molecule has 0 atom stereocenters. The molecule has 12 heteroatoms. The molecule has 10 nitrogen and oxygen atoms in total. The second-order valence-electron chi connectivity index (χ2n) is 6.00. The van der Waals surface area contributed by atoms with Gasteiger partial charge in [0.1, 0.15) is 5.75 Å². The number of esters is 1. The molecule has 0 fully saturated rings. The summed E-state index contributed by atoms with van der Waals surface area (Å²) >= 11 is 11.7. The number of carbonyl (C=O) groups is 3. The van der Waals surface area contributed by atoms with Gasteiger partial charge in [-0.1, -0.05) is 29.3 Å². The van der Waals surface area contributed by atoms with Gasteiger partial charge in [0.25, 0.3) is 17.5 Å². The number of hydrogen-bond acceptors (Lipinski definition) is 7. The van der Waals surface area contributed by atoms with Crippen LogP contribution >= 0.6 is 23.2 Å². The summed E-state index contributed by atoms with van der Waals surface area (Å²) in [6, 6.07) is 9.71. The topological polar surface area (TPSA) is 137 Å². The van der Waals surface area contributed by atoms with E-state index in [-0.39, 0.29) is 24.3 Å². The van der Waals surface area contributed by atoms with Crippen LogP contribution in [0.4, 0.5) is 5.69 Å². The smallest absolute Gasteiger partial charge is 0.306 e. The molecule has 0 saturated carbocycles. The van der Waals surface area contributed by atoms with Crippen LogP contribution in [0.3, 0.4) is 0 Å². The molecule has 0 radical (unpaired) electrons. The van der Waals surface area contributed by atoms with Crippen LogP contribution in [0.5, 0.6) is 5.75 Å². The van der Waals surface area contributed by atoms with E-state index in [9.17, 15) is 24.5 Å². The van der Waals surface area contributed by atoms with Gasteiger partial charge in [-0.05, 0) is 30.7 Å². The number of rotatable bonds is 9. The highest BCUT2D eigenvalue weighted by atomic mass is 35.5. The first kappa shape index (κ1) is 23.9. The summed E-state index contributed by atoms with van der Waals surface area (Å²) in [5, 5.41) is 11.5. The average molecular weight is 470 g/mol. The summed E-state index contributed by atoms with van der Waals surface area (Å²) < 4.78 is 10.2. The fourth-order valence-corrected chi connectivity index (χ4v) is 2.67. The van der Waals surface area contributed by atoms with Crippen LogP contribution in [0.15, 0.2) is 42.5 Å². The Labute approximate surface area is 186 Å². The third-order valence-electron chi connectivity index (χ3n) is 3.68. The van der Waals surface area contributed by atoms with Crippen molar-refractivity contribution in [2.45, 2.75) is 12.8 Å². The minimum atomic E-state index is -0.781. The standard InChI is InChI=1S/C19H17Cl2N3O7/c20-13-6-7-16(15(21)10-13)30-8-2-5-18(26)31-11-17(25)22-23-19(27)12-3-1-4-14(9-12)24(28)29/h1,3-4,6-7,9-10H,2,5,8,11H2,(H,22,25)(H,23,27). The third-order valence-corrected chi connectivity index (χ3v) is 4.21. The lowest BCUT2D eigenvalue weighted by Gasteiger charge is -2.09. The van der Waals surface area contributed by atoms with E-state index >= 15 is 0 Å². The zero-order valence-corrected chi connectivity index (χ0v) is 17.4. The van der Waals surface area contributed by atoms with Crippen molar-refractivity contribution in [1.29, 1.82) is 0 Å². The number of non-ortho nitro benzene ring substituents is 1. The molecular weight excluding hydrogens is 453 g/mol. The summed E-state index contributed by atoms with van der Waals surface area (Å²) in [6.45, 7) is -0.417. The van der Waals surface area contributed by atoms with Gasteiger partial charge in [-0.3, -0.25) is 35.3 Å². The zero-order chi connectivity index (χ0) is 22.8. The van der Waals surface area contributed by atoms with E-state index in [1.165, 1.54) is 24.3 Å². The Morgan fingerprint density at radius 1 is 1.06 bits per heavy atom. The Morgan fingerprint density at radius 2 is 1.84 bits per heavy atom. The number of hydrazine groups is 1. The van der Waals surface area contributed by atoms with Crippen molar-refractivity contribution >= 4 is 46.7 Å². The van der Waals surface area contributed by atoms with Crippen LogP contribution in [0.1, 0.15) is 23.2 Å². The van der Waals surface area contributed by atoms with Gasteiger partial charge >= 0.3 is 5.97 Å². The number of carbonyl (C=O) groups excluding carboxylic acids is 3. The maximum absolute atomic E-state index is 11.9. The number of benzene rings is 2. The third kappa shape index (κ3) is 8.11. The van der Waals surface area contributed by atoms with E-state index in [1.807, 2.05) is 5.43 Å². The van der Waals surface area contributed by atoms with Crippen LogP contribution in [0.25, 0.3) is 0 Å². The van der Waals surface area contributed by atoms with Crippen LogP contribution in [-0.2, 0) is 14.3 Å². The van der Waals surface area contributed by atoms with E-state index < -0.39 is 29.3 Å². The molecule has 2 rings (SSSR count). The number of nitrogens with zero attached hydrogens (tertiary/aromatic N) is 1. The largest absolute Gasteiger partial charge is 0.492 e. The predicted molar refractivity (Wildman–Crippen MR) is 111 cm³/mol. The quantitative estimate of drug-likeness (QED) is 0.249. The minimum absolute atomic E-state index is 0.00146. The molecule has 0 unspecified atom stereocenters. The second kappa shape index (κ2) is 11.7. The summed E-state index contributed by atoms with van der Waals surface area (Å²) in [5.41, 5.74) is 3.83. The molecule has 0 aliphatic heterocycles. The number of nitro groups is 1. The SMILES string of the molecule is O=C(COC(=O)CCCOc1ccc(Cl)cc1Cl)NNC(=O)c1cccc([N+](=O)[O-])c1. The first-order chi connectivity index (χ1) is 14.8. The van der Waals surface area contributed by atoms with Crippen molar-refractivity contribution < 1.29 is 28.8 Å². The van der Waals surface area contributed by atoms with Gasteiger partial charge < -0.3 is 9.47 Å². The average Bonchev–Trinajstić information content (AvgIpc) is 2.74. The highest BCUT2D eigenvalue weighted by molar-refractivity contribution is 6.35. The fraction of sp³-hybridized carbons (Fsp3) is 0.211. The minimum Gasteiger partial charge on any atom is -0.492 e. The number of nitro benzene ring substituents is 1. The molecule has 31 heavy (non-hydrogen) atoms. The van der Waals surface area contributed by atoms with Crippen molar-refractivity contribution in [3.8, 4) is 5.75 Å². The molecule has 2 amide bonds. The monoisotopic (exact) mass is 469 g/mol. The van der Waals surface area contributed by atoms with Gasteiger partial charge in [0.05, 0.1) is 16.6 Å². The predicted octanol–water partition coefficient (Wildman–Crippen LogP) is 3.07. The molecule has 0 aliphatic carbocycles. The number of nitrogens with one attached hydrogen (secondary N) is 2. The lowest BCUT2D eigenvalue weighted by molar-refractivity contribution is -0.384. The van der Waals surface area contributed by atoms with Crippen LogP contribution in [0, 0.1) is 10.1 Å². The lowest BCUT2D eigenvalue weighted by Crippen LogP contribution is -2.43. The van der Waals surface area contributed by atoms with E-state index in [0.717, 1.165) is 6.07 Å². The first-order valence-corrected chi connectivity index (χ1v) is 9.59. The van der Waals surface area contributed by atoms with Gasteiger partial charge in [-0.2, -0.15) is 0 Å². The van der Waals surface area contributed by atoms with Gasteiger partial charge in [0.2, 0.25) is 0 Å². The van der Waals surface area contributed by atoms with Crippen molar-refractivity contribution in [3.05, 3.63) is 68.2 Å². The van der Waals surface area contributed by atoms with Crippen molar-refractivity contribution in [2.75, 3.05) is 13.2 Å². The second-order valence-corrected chi connectivity index (χ2v) is 6.84. The van der Waals surface area contributed by atoms with Crippen molar-refractivity contribution in [2.24, 2.45) is 0 Å². The van der Waals surface area contributed by atoms with E-state index in [2.05, 4.69) is 5.43 Å². The Morgan fingerprint density at radius 3 is 2.55 bits per heavy atom. The fourth-order valence-electron chi connectivity index (χ4n) is 2.20. The zero-order valence-electron chi connectivity index (χ0n) is 15.9. The van der Waals surface area contributed by atoms with Crippen molar-refractivity contribution in [3.63, 3.8) is 0 Å². The first-order valence-electron chi connectivity index (χ1n) is 8.83. The Bertz CT molecular complexity index is 985. The molecule has 2 aromatic carbocycles. The molecule has 0 heterocycles. The van der Waals surface area contributed by atoms with Gasteiger partial charge in [0, 0.05) is 29.1 Å². The molecule has 0 spiro atoms. The molecule has 164 valence electrons. The molecule has 2 aromatic rings. The molecule has 0 saturated heterocycles. The Balaban J connectivity index is 1.64. The van der Waals surface area contributed by atoms with Gasteiger partial charge in [-0.25, -0.2) is 0 Å². The summed E-state index contributed by atoms with van der Waals surface area (Å²) in [7, 11) is 0. The molecule has 0 bridgehead atoms. The van der Waals surface area contributed by atoms with E-state index in [0.29, 0.717) is 22.2 Å². The van der Waals surface area contributed by atoms with Crippen LogP contribution < -0.4 is 15.6 Å². The van der Waals surface area contributed by atoms with Gasteiger partial charge in [-0.15, -0.1) is 0 Å². The maximum atomic E-state index is 11.9. The number of hydrogen-bond donors (Lipinski definition) is 2. The Hall–Kier alpha value is -3.37.